The first-order valence-electron chi connectivity index (χ1n) is 4.77. The number of Topliss-reactive ketones (excluding diaryl/α,β-unsaturated/α-hetero) is 1. The van der Waals surface area contributed by atoms with Crippen LogP contribution in [0.2, 0.25) is 0 Å². The number of rotatable bonds is 2. The van der Waals surface area contributed by atoms with Crippen LogP contribution in [0.25, 0.3) is 0 Å². The molecule has 0 spiro atoms. The van der Waals surface area contributed by atoms with Gasteiger partial charge in [-0.05, 0) is 5.92 Å². The van der Waals surface area contributed by atoms with Gasteiger partial charge in [-0.2, -0.15) is 0 Å². The van der Waals surface area contributed by atoms with Gasteiger partial charge < -0.3 is 9.47 Å². The second kappa shape index (κ2) is 4.20. The summed E-state index contributed by atoms with van der Waals surface area (Å²) < 4.78 is 10.7. The monoisotopic (exact) mass is 186 g/mol. The number of ketones is 1. The summed E-state index contributed by atoms with van der Waals surface area (Å²) in [4.78, 5) is 11.5. The summed E-state index contributed by atoms with van der Waals surface area (Å²) >= 11 is 0. The zero-order chi connectivity index (χ0) is 10.0. The molecule has 0 aromatic rings. The molecule has 0 aromatic carbocycles. The van der Waals surface area contributed by atoms with E-state index in [0.29, 0.717) is 6.42 Å². The van der Waals surface area contributed by atoms with Crippen molar-refractivity contribution in [1.82, 2.24) is 0 Å². The van der Waals surface area contributed by atoms with Crippen molar-refractivity contribution in [3.63, 3.8) is 0 Å². The lowest BCUT2D eigenvalue weighted by atomic mass is 9.92. The van der Waals surface area contributed by atoms with Gasteiger partial charge in [0.05, 0.1) is 0 Å². The second-order valence-electron chi connectivity index (χ2n) is 4.05. The first-order valence-corrected chi connectivity index (χ1v) is 4.77. The van der Waals surface area contributed by atoms with Gasteiger partial charge in [-0.25, -0.2) is 0 Å². The van der Waals surface area contributed by atoms with Crippen LogP contribution >= 0.6 is 0 Å². The third-order valence-corrected chi connectivity index (χ3v) is 2.42. The third kappa shape index (κ3) is 2.29. The molecule has 0 aromatic heterocycles. The van der Waals surface area contributed by atoms with Gasteiger partial charge in [-0.3, -0.25) is 4.79 Å². The Labute approximate surface area is 79.4 Å². The largest absolute Gasteiger partial charge is 0.356 e. The molecule has 0 N–H and O–H groups in total. The Kier molecular flexibility index (Phi) is 3.45. The summed E-state index contributed by atoms with van der Waals surface area (Å²) in [6, 6.07) is 0. The Morgan fingerprint density at radius 3 is 2.62 bits per heavy atom. The Bertz CT molecular complexity index is 189. The van der Waals surface area contributed by atoms with E-state index in [2.05, 4.69) is 0 Å². The van der Waals surface area contributed by atoms with Crippen molar-refractivity contribution < 1.29 is 14.3 Å². The normalized spacial score (nSPS) is 35.5. The maximum atomic E-state index is 11.5. The lowest BCUT2D eigenvalue weighted by Gasteiger charge is -2.34. The molecule has 0 amide bonds. The first kappa shape index (κ1) is 10.7. The molecule has 3 heteroatoms. The smallest absolute Gasteiger partial charge is 0.162 e. The van der Waals surface area contributed by atoms with Crippen LogP contribution in [-0.2, 0) is 14.3 Å². The molecular formula is C10H18O3. The minimum atomic E-state index is -0.277. The average Bonchev–Trinajstić information content (AvgIpc) is 2.03. The molecule has 0 saturated carbocycles. The van der Waals surface area contributed by atoms with Crippen molar-refractivity contribution in [3.8, 4) is 0 Å². The van der Waals surface area contributed by atoms with Crippen LogP contribution in [0.3, 0.4) is 0 Å². The van der Waals surface area contributed by atoms with E-state index in [1.165, 1.54) is 0 Å². The number of ether oxygens (including phenoxy) is 2. The Balaban J connectivity index is 2.63. The molecule has 3 atom stereocenters. The highest BCUT2D eigenvalue weighted by molar-refractivity contribution is 5.84. The van der Waals surface area contributed by atoms with Crippen LogP contribution in [0.4, 0.5) is 0 Å². The van der Waals surface area contributed by atoms with Crippen molar-refractivity contribution in [1.29, 1.82) is 0 Å². The quantitative estimate of drug-likeness (QED) is 0.657. The molecule has 0 bridgehead atoms. The SMILES string of the molecule is CO[C@@H]1O[C@@H](C(C)C)C(=O)C[C@@H]1C. The van der Waals surface area contributed by atoms with Gasteiger partial charge in [-0.15, -0.1) is 0 Å². The molecule has 1 fully saturated rings. The van der Waals surface area contributed by atoms with Crippen molar-refractivity contribution in [3.05, 3.63) is 0 Å². The van der Waals surface area contributed by atoms with Crippen LogP contribution in [0.15, 0.2) is 0 Å². The van der Waals surface area contributed by atoms with E-state index in [9.17, 15) is 4.79 Å². The molecule has 76 valence electrons. The van der Waals surface area contributed by atoms with E-state index in [4.69, 9.17) is 9.47 Å². The van der Waals surface area contributed by atoms with E-state index < -0.39 is 0 Å². The van der Waals surface area contributed by atoms with Crippen LogP contribution in [0.1, 0.15) is 27.2 Å². The molecule has 1 saturated heterocycles. The lowest BCUT2D eigenvalue weighted by molar-refractivity contribution is -0.211. The van der Waals surface area contributed by atoms with Gasteiger partial charge in [0.15, 0.2) is 12.1 Å². The summed E-state index contributed by atoms with van der Waals surface area (Å²) in [5.41, 5.74) is 0. The van der Waals surface area contributed by atoms with Gasteiger partial charge in [-0.1, -0.05) is 20.8 Å². The molecule has 1 rings (SSSR count). The summed E-state index contributed by atoms with van der Waals surface area (Å²) in [6.07, 6.45) is 0.0766. The standard InChI is InChI=1S/C10H18O3/c1-6(2)9-8(11)5-7(3)10(12-4)13-9/h6-7,9-10H,5H2,1-4H3/t7-,9-,10+/m0/s1. The molecule has 1 heterocycles. The maximum Gasteiger partial charge on any atom is 0.162 e. The first-order chi connectivity index (χ1) is 6.06. The van der Waals surface area contributed by atoms with Crippen molar-refractivity contribution >= 4 is 5.78 Å². The molecule has 0 unspecified atom stereocenters. The van der Waals surface area contributed by atoms with Crippen LogP contribution in [-0.4, -0.2) is 25.3 Å². The van der Waals surface area contributed by atoms with Crippen molar-refractivity contribution in [2.45, 2.75) is 39.6 Å². The minimum Gasteiger partial charge on any atom is -0.356 e. The lowest BCUT2D eigenvalue weighted by Crippen LogP contribution is -2.43. The Morgan fingerprint density at radius 1 is 1.54 bits per heavy atom. The summed E-state index contributed by atoms with van der Waals surface area (Å²) in [7, 11) is 1.62. The van der Waals surface area contributed by atoms with Crippen molar-refractivity contribution in [2.24, 2.45) is 11.8 Å². The van der Waals surface area contributed by atoms with Crippen LogP contribution in [0.5, 0.6) is 0 Å². The van der Waals surface area contributed by atoms with Gasteiger partial charge >= 0.3 is 0 Å². The van der Waals surface area contributed by atoms with Crippen LogP contribution in [0, 0.1) is 11.8 Å². The number of hydrogen-bond acceptors (Lipinski definition) is 3. The van der Waals surface area contributed by atoms with Gasteiger partial charge in [0.25, 0.3) is 0 Å². The molecular weight excluding hydrogens is 168 g/mol. The van der Waals surface area contributed by atoms with Crippen molar-refractivity contribution in [2.75, 3.05) is 7.11 Å². The summed E-state index contributed by atoms with van der Waals surface area (Å²) in [6.45, 7) is 5.96. The number of methoxy groups -OCH3 is 1. The molecule has 0 aliphatic carbocycles. The Morgan fingerprint density at radius 2 is 2.15 bits per heavy atom. The topological polar surface area (TPSA) is 35.5 Å². The molecule has 1 aliphatic heterocycles. The van der Waals surface area contributed by atoms with Crippen LogP contribution < -0.4 is 0 Å². The minimum absolute atomic E-state index is 0.174. The van der Waals surface area contributed by atoms with Gasteiger partial charge in [0, 0.05) is 19.4 Å². The van der Waals surface area contributed by atoms with E-state index in [0.717, 1.165) is 0 Å². The zero-order valence-electron chi connectivity index (χ0n) is 8.74. The van der Waals surface area contributed by atoms with E-state index >= 15 is 0 Å². The highest BCUT2D eigenvalue weighted by atomic mass is 16.7. The highest BCUT2D eigenvalue weighted by Gasteiger charge is 2.35. The Hall–Kier alpha value is -0.410. The van der Waals surface area contributed by atoms with E-state index in [1.807, 2.05) is 20.8 Å². The fourth-order valence-corrected chi connectivity index (χ4v) is 1.70. The third-order valence-electron chi connectivity index (χ3n) is 2.42. The van der Waals surface area contributed by atoms with Gasteiger partial charge in [0.1, 0.15) is 6.10 Å². The average molecular weight is 186 g/mol. The number of carbonyl (C=O) groups excluding carboxylic acids is 1. The maximum absolute atomic E-state index is 11.5. The molecule has 0 radical (unpaired) electrons. The molecule has 13 heavy (non-hydrogen) atoms. The van der Waals surface area contributed by atoms with E-state index in [1.54, 1.807) is 7.11 Å². The fourth-order valence-electron chi connectivity index (χ4n) is 1.70. The number of carbonyl (C=O) groups is 1. The number of hydrogen-bond donors (Lipinski definition) is 0. The predicted molar refractivity (Wildman–Crippen MR) is 49.3 cm³/mol. The predicted octanol–water partition coefficient (Wildman–Crippen LogP) is 1.61. The summed E-state index contributed by atoms with van der Waals surface area (Å²) in [5, 5.41) is 0. The molecule has 3 nitrogen and oxygen atoms in total. The van der Waals surface area contributed by atoms with E-state index in [-0.39, 0.29) is 30.0 Å². The highest BCUT2D eigenvalue weighted by Crippen LogP contribution is 2.26. The zero-order valence-corrected chi connectivity index (χ0v) is 8.74. The molecule has 1 aliphatic rings. The second-order valence-corrected chi connectivity index (χ2v) is 4.05. The van der Waals surface area contributed by atoms with Gasteiger partial charge in [0.2, 0.25) is 0 Å². The fraction of sp³-hybridized carbons (Fsp3) is 0.900. The summed E-state index contributed by atoms with van der Waals surface area (Å²) in [5.74, 6) is 0.612.